The van der Waals surface area contributed by atoms with Crippen molar-refractivity contribution in [2.45, 2.75) is 87.9 Å². The smallest absolute Gasteiger partial charge is 0.340 e. The third kappa shape index (κ3) is 3.61. The third-order valence-electron chi connectivity index (χ3n) is 14.2. The molecule has 2 aliphatic heterocycles. The number of carbonyl (C=O) groups excluding carboxylic acids is 3. The second-order valence-corrected chi connectivity index (χ2v) is 15.6. The van der Waals surface area contributed by atoms with Crippen LogP contribution in [0.4, 0.5) is 5.69 Å². The summed E-state index contributed by atoms with van der Waals surface area (Å²) in [6.45, 7) is 5.06. The largest absolute Gasteiger partial charge is 0.461 e. The van der Waals surface area contributed by atoms with E-state index in [-0.39, 0.29) is 72.0 Å². The first kappa shape index (κ1) is 31.8. The minimum atomic E-state index is -1.59. The van der Waals surface area contributed by atoms with Crippen LogP contribution in [-0.4, -0.2) is 109 Å². The van der Waals surface area contributed by atoms with Crippen LogP contribution in [-0.2, 0) is 28.5 Å². The fourth-order valence-electron chi connectivity index (χ4n) is 12.9. The number of imide groups is 1. The molecule has 5 aliphatic carbocycles. The van der Waals surface area contributed by atoms with Gasteiger partial charge in [-0.05, 0) is 62.6 Å². The molecule has 47 heavy (non-hydrogen) atoms. The van der Waals surface area contributed by atoms with Gasteiger partial charge in [0.2, 0.25) is 11.8 Å². The van der Waals surface area contributed by atoms with Gasteiger partial charge in [-0.3, -0.25) is 14.5 Å². The SMILES string of the molecule is CCN1C[C@]2(COC(=O)c3ccccc3N3C(=O)C[C@H](C)C3=O)CC[C@H](OC)[C@@]34[C@@H]5C[C@@H]6CC[C@@](O)([C@H]5[C@H]6OC)[C@@](O)([C@@H](OC)[C@H]23)[C@@H]14. The number of benzene rings is 1. The maximum Gasteiger partial charge on any atom is 0.340 e. The number of para-hydroxylation sites is 1. The number of fused-ring (bicyclic) bond motifs is 2. The van der Waals surface area contributed by atoms with Gasteiger partial charge in [-0.15, -0.1) is 0 Å². The standard InChI is InChI=1S/C36H48N2O9/c1-6-37-17-33(18-47-31(41)21-9-7-8-10-23(21)38-25(39)15-19(2)30(38)40)13-12-24(44-3)35-22-16-20-11-14-34(42,26(22)27(20)45-4)36(43,32(35)37)29(46-5)28(33)35/h7-10,19-20,22,24,26-29,32,42-43H,6,11-18H2,1-5H3/t19-,20-,22+,24-,26+,27-,28+,29-,32-,33-,34+,35-,36+/m0/s1. The predicted molar refractivity (Wildman–Crippen MR) is 168 cm³/mol. The van der Waals surface area contributed by atoms with E-state index in [9.17, 15) is 24.6 Å². The van der Waals surface area contributed by atoms with Crippen LogP contribution in [0.25, 0.3) is 0 Å². The molecule has 1 aromatic carbocycles. The number of likely N-dealkylation sites (tertiary alicyclic amines) is 1. The number of rotatable bonds is 8. The summed E-state index contributed by atoms with van der Waals surface area (Å²) >= 11 is 0. The molecule has 7 bridgehead atoms. The molecular formula is C36H48N2O9. The summed E-state index contributed by atoms with van der Waals surface area (Å²) in [5, 5.41) is 26.2. The van der Waals surface area contributed by atoms with Gasteiger partial charge in [0.25, 0.3) is 0 Å². The Morgan fingerprint density at radius 2 is 1.81 bits per heavy atom. The highest BCUT2D eigenvalue weighted by molar-refractivity contribution is 6.22. The zero-order chi connectivity index (χ0) is 33.3. The van der Waals surface area contributed by atoms with Gasteiger partial charge >= 0.3 is 5.97 Å². The van der Waals surface area contributed by atoms with E-state index in [1.54, 1.807) is 52.5 Å². The van der Waals surface area contributed by atoms with Crippen LogP contribution in [0.15, 0.2) is 24.3 Å². The molecule has 1 spiro atoms. The van der Waals surface area contributed by atoms with Gasteiger partial charge in [-0.1, -0.05) is 26.0 Å². The number of hydrogen-bond acceptors (Lipinski definition) is 10. The Morgan fingerprint density at radius 1 is 1.04 bits per heavy atom. The van der Waals surface area contributed by atoms with E-state index >= 15 is 0 Å². The van der Waals surface area contributed by atoms with E-state index in [1.165, 1.54) is 0 Å². The van der Waals surface area contributed by atoms with Crippen molar-refractivity contribution in [3.05, 3.63) is 29.8 Å². The van der Waals surface area contributed by atoms with Gasteiger partial charge in [-0.25, -0.2) is 9.69 Å². The Hall–Kier alpha value is -2.41. The Bertz CT molecular complexity index is 1500. The molecule has 0 radical (unpaired) electrons. The fraction of sp³-hybridized carbons (Fsp3) is 0.750. The van der Waals surface area contributed by atoms with Crippen molar-refractivity contribution in [1.29, 1.82) is 0 Å². The van der Waals surface area contributed by atoms with Crippen molar-refractivity contribution >= 4 is 23.5 Å². The highest BCUT2D eigenvalue weighted by Gasteiger charge is 2.91. The van der Waals surface area contributed by atoms with Crippen LogP contribution in [0.2, 0.25) is 0 Å². The van der Waals surface area contributed by atoms with Crippen molar-refractivity contribution in [3.8, 4) is 0 Å². The van der Waals surface area contributed by atoms with E-state index < -0.39 is 46.1 Å². The number of likely N-dealkylation sites (N-methyl/N-ethyl adjacent to an activating group) is 1. The Labute approximate surface area is 275 Å². The second kappa shape index (κ2) is 10.5. The number of methoxy groups -OCH3 is 3. The first-order chi connectivity index (χ1) is 22.5. The number of aliphatic hydroxyl groups is 2. The molecule has 1 aromatic rings. The quantitative estimate of drug-likeness (QED) is 0.319. The molecule has 2 N–H and O–H groups in total. The number of anilines is 1. The molecule has 7 aliphatic rings. The van der Waals surface area contributed by atoms with Gasteiger partial charge in [-0.2, -0.15) is 0 Å². The van der Waals surface area contributed by atoms with Gasteiger partial charge in [0.05, 0.1) is 42.2 Å². The number of piperidine rings is 1. The van der Waals surface area contributed by atoms with Gasteiger partial charge < -0.3 is 29.2 Å². The van der Waals surface area contributed by atoms with Crippen molar-refractivity contribution in [3.63, 3.8) is 0 Å². The van der Waals surface area contributed by atoms with Crippen LogP contribution in [0.5, 0.6) is 0 Å². The average molecular weight is 653 g/mol. The molecule has 11 heteroatoms. The molecule has 13 atom stereocenters. The molecule has 2 amide bonds. The Kier molecular flexibility index (Phi) is 7.14. The van der Waals surface area contributed by atoms with Crippen molar-refractivity contribution < 1.29 is 43.5 Å². The summed E-state index contributed by atoms with van der Waals surface area (Å²) in [4.78, 5) is 43.2. The van der Waals surface area contributed by atoms with E-state index in [1.807, 2.05) is 0 Å². The van der Waals surface area contributed by atoms with Gasteiger partial charge in [0.15, 0.2) is 0 Å². The van der Waals surface area contributed by atoms with Crippen LogP contribution in [0.1, 0.15) is 62.7 Å². The molecule has 7 fully saturated rings. The Balaban J connectivity index is 1.22. The van der Waals surface area contributed by atoms with Crippen LogP contribution in [0, 0.1) is 40.4 Å². The van der Waals surface area contributed by atoms with Crippen molar-refractivity contribution in [2.75, 3.05) is 45.9 Å². The zero-order valence-corrected chi connectivity index (χ0v) is 28.0. The number of hydrogen-bond donors (Lipinski definition) is 2. The third-order valence-corrected chi connectivity index (χ3v) is 14.2. The summed E-state index contributed by atoms with van der Waals surface area (Å²) in [5.41, 5.74) is -3.78. The lowest BCUT2D eigenvalue weighted by Crippen LogP contribution is -2.81. The van der Waals surface area contributed by atoms with Crippen molar-refractivity contribution in [1.82, 2.24) is 4.90 Å². The molecule has 0 aromatic heterocycles. The highest BCUT2D eigenvalue weighted by Crippen LogP contribution is 2.80. The molecule has 0 unspecified atom stereocenters. The molecule has 256 valence electrons. The van der Waals surface area contributed by atoms with Crippen LogP contribution in [0.3, 0.4) is 0 Å². The van der Waals surface area contributed by atoms with Gasteiger partial charge in [0, 0.05) is 62.9 Å². The first-order valence-electron chi connectivity index (χ1n) is 17.4. The molecule has 8 rings (SSSR count). The van der Waals surface area contributed by atoms with E-state index in [2.05, 4.69) is 11.8 Å². The maximum atomic E-state index is 14.0. The molecule has 11 nitrogen and oxygen atoms in total. The summed E-state index contributed by atoms with van der Waals surface area (Å²) in [5.74, 6) is -1.95. The van der Waals surface area contributed by atoms with Crippen LogP contribution >= 0.6 is 0 Å². The lowest BCUT2D eigenvalue weighted by atomic mass is 9.42. The van der Waals surface area contributed by atoms with Crippen LogP contribution < -0.4 is 4.90 Å². The van der Waals surface area contributed by atoms with Crippen molar-refractivity contribution in [2.24, 2.45) is 40.4 Å². The number of carbonyl (C=O) groups is 3. The maximum absolute atomic E-state index is 14.0. The highest BCUT2D eigenvalue weighted by atomic mass is 16.5. The molecular weight excluding hydrogens is 604 g/mol. The lowest BCUT2D eigenvalue weighted by Gasteiger charge is -2.70. The number of amides is 2. The summed E-state index contributed by atoms with van der Waals surface area (Å²) < 4.78 is 25.2. The normalized spacial score (nSPS) is 47.9. The number of esters is 1. The number of nitrogens with zero attached hydrogens (tertiary/aromatic N) is 2. The second-order valence-electron chi connectivity index (χ2n) is 15.6. The lowest BCUT2D eigenvalue weighted by molar-refractivity contribution is -0.313. The predicted octanol–water partition coefficient (Wildman–Crippen LogP) is 2.41. The zero-order valence-electron chi connectivity index (χ0n) is 28.0. The minimum absolute atomic E-state index is 0.0185. The monoisotopic (exact) mass is 652 g/mol. The van der Waals surface area contributed by atoms with E-state index in [4.69, 9.17) is 18.9 Å². The number of ether oxygens (including phenoxy) is 4. The Morgan fingerprint density at radius 3 is 2.47 bits per heavy atom. The molecule has 2 heterocycles. The van der Waals surface area contributed by atoms with E-state index in [0.29, 0.717) is 25.9 Å². The van der Waals surface area contributed by atoms with Gasteiger partial charge in [0.1, 0.15) is 11.2 Å². The minimum Gasteiger partial charge on any atom is -0.461 e. The summed E-state index contributed by atoms with van der Waals surface area (Å²) in [6.07, 6.45) is 2.56. The molecule has 2 saturated heterocycles. The topological polar surface area (TPSA) is 135 Å². The molecule has 5 saturated carbocycles. The van der Waals surface area contributed by atoms with E-state index in [0.717, 1.165) is 24.2 Å². The first-order valence-corrected chi connectivity index (χ1v) is 17.4. The average Bonchev–Trinajstić information content (AvgIpc) is 3.58. The summed E-state index contributed by atoms with van der Waals surface area (Å²) in [6, 6.07) is 6.22. The summed E-state index contributed by atoms with van der Waals surface area (Å²) in [7, 11) is 5.10. The fourth-order valence-corrected chi connectivity index (χ4v) is 12.9.